The van der Waals surface area contributed by atoms with Crippen molar-refractivity contribution in [3.05, 3.63) is 69.9 Å². The molecule has 10 heteroatoms. The highest BCUT2D eigenvalue weighted by Gasteiger charge is 2.14. The average molecular weight is 378 g/mol. The van der Waals surface area contributed by atoms with Crippen LogP contribution in [0.4, 0.5) is 0 Å². The number of rotatable bonds is 5. The first-order valence-corrected chi connectivity index (χ1v) is 8.60. The molecule has 0 aliphatic rings. The van der Waals surface area contributed by atoms with Gasteiger partial charge in [0.05, 0.1) is 11.4 Å². The van der Waals surface area contributed by atoms with E-state index < -0.39 is 0 Å². The Morgan fingerprint density at radius 2 is 1.89 bits per heavy atom. The van der Waals surface area contributed by atoms with E-state index in [4.69, 9.17) is 4.74 Å². The smallest absolute Gasteiger partial charge is 0.368 e. The molecule has 0 atom stereocenters. The van der Waals surface area contributed by atoms with Crippen molar-refractivity contribution >= 4 is 0 Å². The molecule has 0 radical (unpaired) electrons. The largest absolute Gasteiger partial charge is 0.472 e. The first kappa shape index (κ1) is 17.6. The summed E-state index contributed by atoms with van der Waals surface area (Å²) in [6.07, 6.45) is 1.75. The van der Waals surface area contributed by atoms with E-state index in [9.17, 15) is 4.79 Å². The molecule has 0 saturated carbocycles. The summed E-state index contributed by atoms with van der Waals surface area (Å²) in [6.45, 7) is 4.04. The number of ether oxygens (including phenoxy) is 1. The van der Waals surface area contributed by atoms with Crippen LogP contribution in [0.25, 0.3) is 11.5 Å². The Morgan fingerprint density at radius 1 is 1.04 bits per heavy atom. The van der Waals surface area contributed by atoms with Gasteiger partial charge < -0.3 is 4.74 Å². The van der Waals surface area contributed by atoms with Gasteiger partial charge in [-0.1, -0.05) is 12.1 Å². The van der Waals surface area contributed by atoms with Crippen LogP contribution in [-0.4, -0.2) is 39.8 Å². The zero-order valence-corrected chi connectivity index (χ0v) is 15.6. The minimum Gasteiger partial charge on any atom is -0.472 e. The van der Waals surface area contributed by atoms with E-state index in [0.717, 1.165) is 16.8 Å². The van der Waals surface area contributed by atoms with Crippen LogP contribution in [-0.2, 0) is 13.7 Å². The Kier molecular flexibility index (Phi) is 4.44. The van der Waals surface area contributed by atoms with E-state index >= 15 is 0 Å². The molecule has 4 rings (SSSR count). The molecule has 0 amide bonds. The second-order valence-electron chi connectivity index (χ2n) is 6.29. The van der Waals surface area contributed by atoms with Crippen LogP contribution < -0.4 is 10.4 Å². The van der Waals surface area contributed by atoms with Crippen molar-refractivity contribution in [3.63, 3.8) is 0 Å². The molecule has 3 aromatic heterocycles. The highest BCUT2D eigenvalue weighted by atomic mass is 16.5. The lowest BCUT2D eigenvalue weighted by Gasteiger charge is -2.11. The van der Waals surface area contributed by atoms with Crippen molar-refractivity contribution < 1.29 is 4.74 Å². The van der Waals surface area contributed by atoms with E-state index in [1.54, 1.807) is 24.0 Å². The zero-order chi connectivity index (χ0) is 19.7. The minimum absolute atomic E-state index is 0.224. The third-order valence-electron chi connectivity index (χ3n) is 4.28. The molecule has 1 aromatic carbocycles. The summed E-state index contributed by atoms with van der Waals surface area (Å²) in [6, 6.07) is 11.1. The molecular formula is C18H18N8O2. The molecule has 0 saturated heterocycles. The Bertz CT molecular complexity index is 1170. The fourth-order valence-electron chi connectivity index (χ4n) is 2.71. The fraction of sp³-hybridized carbons (Fsp3) is 0.222. The van der Waals surface area contributed by atoms with Gasteiger partial charge in [-0.15, -0.1) is 10.2 Å². The molecule has 10 nitrogen and oxygen atoms in total. The zero-order valence-electron chi connectivity index (χ0n) is 15.6. The lowest BCUT2D eigenvalue weighted by molar-refractivity contribution is 0.290. The summed E-state index contributed by atoms with van der Waals surface area (Å²) in [5, 5.41) is 20.2. The van der Waals surface area contributed by atoms with E-state index in [2.05, 4.69) is 25.7 Å². The van der Waals surface area contributed by atoms with E-state index in [-0.39, 0.29) is 12.3 Å². The van der Waals surface area contributed by atoms with Gasteiger partial charge in [0.15, 0.2) is 5.82 Å². The Labute approximate surface area is 160 Å². The summed E-state index contributed by atoms with van der Waals surface area (Å²) in [5.74, 6) is 1.03. The number of hydrogen-bond donors (Lipinski definition) is 0. The standard InChI is InChI=1S/C18H18N8O2/c1-12-5-4-6-15(26-18(27)24(3)22-23-26)14(12)11-28-17-9-10-25(21-17)16-8-7-13(2)19-20-16/h4-10H,11H2,1-3H3. The summed E-state index contributed by atoms with van der Waals surface area (Å²) < 4.78 is 9.88. The number of hydrogen-bond acceptors (Lipinski definition) is 7. The predicted molar refractivity (Wildman–Crippen MR) is 99.6 cm³/mol. The van der Waals surface area contributed by atoms with E-state index in [1.165, 1.54) is 9.36 Å². The molecule has 3 heterocycles. The van der Waals surface area contributed by atoms with Crippen LogP contribution in [0.5, 0.6) is 5.88 Å². The average Bonchev–Trinajstić information content (AvgIpc) is 3.29. The number of nitrogens with zero attached hydrogens (tertiary/aromatic N) is 8. The molecule has 0 aliphatic carbocycles. The van der Waals surface area contributed by atoms with Gasteiger partial charge in [0.2, 0.25) is 5.88 Å². The molecule has 0 fully saturated rings. The topological polar surface area (TPSA) is 106 Å². The summed E-state index contributed by atoms with van der Waals surface area (Å²) in [4.78, 5) is 12.2. The van der Waals surface area contributed by atoms with Crippen LogP contribution in [0.1, 0.15) is 16.8 Å². The predicted octanol–water partition coefficient (Wildman–Crippen LogP) is 1.14. The van der Waals surface area contributed by atoms with Crippen molar-refractivity contribution in [1.29, 1.82) is 0 Å². The highest BCUT2D eigenvalue weighted by Crippen LogP contribution is 2.19. The first-order chi connectivity index (χ1) is 13.5. The van der Waals surface area contributed by atoms with Gasteiger partial charge in [-0.3, -0.25) is 0 Å². The Morgan fingerprint density at radius 3 is 2.61 bits per heavy atom. The first-order valence-electron chi connectivity index (χ1n) is 8.60. The lowest BCUT2D eigenvalue weighted by Crippen LogP contribution is -2.23. The van der Waals surface area contributed by atoms with Crippen molar-refractivity contribution in [2.24, 2.45) is 7.05 Å². The molecule has 142 valence electrons. The second kappa shape index (κ2) is 7.06. The minimum atomic E-state index is -0.325. The third-order valence-corrected chi connectivity index (χ3v) is 4.28. The van der Waals surface area contributed by atoms with Crippen LogP contribution in [0.3, 0.4) is 0 Å². The quantitative estimate of drug-likeness (QED) is 0.513. The van der Waals surface area contributed by atoms with E-state index in [0.29, 0.717) is 17.4 Å². The maximum Gasteiger partial charge on any atom is 0.368 e. The molecule has 4 aromatic rings. The Hall–Kier alpha value is -3.82. The van der Waals surface area contributed by atoms with Crippen molar-refractivity contribution in [2.75, 3.05) is 0 Å². The fourth-order valence-corrected chi connectivity index (χ4v) is 2.71. The molecule has 0 unspecified atom stereocenters. The van der Waals surface area contributed by atoms with Gasteiger partial charge in [0.1, 0.15) is 6.61 Å². The van der Waals surface area contributed by atoms with Crippen LogP contribution in [0.15, 0.2) is 47.4 Å². The summed E-state index contributed by atoms with van der Waals surface area (Å²) >= 11 is 0. The SMILES string of the molecule is Cc1ccc(-n2ccc(OCc3c(C)cccc3-n3nnn(C)c3=O)n2)nn1. The van der Waals surface area contributed by atoms with Crippen LogP contribution in [0, 0.1) is 13.8 Å². The third kappa shape index (κ3) is 3.27. The summed E-state index contributed by atoms with van der Waals surface area (Å²) in [7, 11) is 1.55. The summed E-state index contributed by atoms with van der Waals surface area (Å²) in [5.41, 5.74) is 2.93. The number of aromatic nitrogens is 8. The monoisotopic (exact) mass is 378 g/mol. The van der Waals surface area contributed by atoms with Crippen molar-refractivity contribution in [2.45, 2.75) is 20.5 Å². The highest BCUT2D eigenvalue weighted by molar-refractivity contribution is 5.44. The normalized spacial score (nSPS) is 11.0. The number of aryl methyl sites for hydroxylation is 3. The number of tetrazole rings is 1. The lowest BCUT2D eigenvalue weighted by atomic mass is 10.1. The molecule has 0 spiro atoms. The molecular weight excluding hydrogens is 360 g/mol. The second-order valence-corrected chi connectivity index (χ2v) is 6.29. The van der Waals surface area contributed by atoms with Gasteiger partial charge in [-0.05, 0) is 48.0 Å². The Balaban J connectivity index is 1.58. The van der Waals surface area contributed by atoms with Gasteiger partial charge in [0, 0.05) is 24.9 Å². The number of benzene rings is 1. The van der Waals surface area contributed by atoms with E-state index in [1.807, 2.05) is 44.2 Å². The van der Waals surface area contributed by atoms with Crippen LogP contribution in [0.2, 0.25) is 0 Å². The molecule has 0 aliphatic heterocycles. The van der Waals surface area contributed by atoms with Crippen LogP contribution >= 0.6 is 0 Å². The molecule has 28 heavy (non-hydrogen) atoms. The maximum atomic E-state index is 12.2. The van der Waals surface area contributed by atoms with Gasteiger partial charge in [-0.25, -0.2) is 9.48 Å². The molecule has 0 N–H and O–H groups in total. The van der Waals surface area contributed by atoms with Gasteiger partial charge in [0.25, 0.3) is 0 Å². The van der Waals surface area contributed by atoms with Gasteiger partial charge in [-0.2, -0.15) is 14.5 Å². The molecule has 0 bridgehead atoms. The maximum absolute atomic E-state index is 12.2. The van der Waals surface area contributed by atoms with Crippen molar-refractivity contribution in [1.82, 2.24) is 39.8 Å². The van der Waals surface area contributed by atoms with Crippen molar-refractivity contribution in [3.8, 4) is 17.4 Å². The van der Waals surface area contributed by atoms with Gasteiger partial charge >= 0.3 is 5.69 Å².